The Hall–Kier alpha value is -2.78. The monoisotopic (exact) mass is 358 g/mol. The minimum Gasteiger partial charge on any atom is -0.271 e. The molecule has 0 bridgehead atoms. The average Bonchev–Trinajstić information content (AvgIpc) is 3.12. The van der Waals surface area contributed by atoms with Crippen LogP contribution in [0.3, 0.4) is 0 Å². The Morgan fingerprint density at radius 3 is 2.56 bits per heavy atom. The molecule has 0 aliphatic rings. The first-order chi connectivity index (χ1) is 11.9. The number of hydrogen-bond donors (Lipinski definition) is 2. The van der Waals surface area contributed by atoms with Gasteiger partial charge in [0.05, 0.1) is 11.4 Å². The molecule has 0 spiro atoms. The van der Waals surface area contributed by atoms with Crippen molar-refractivity contribution in [2.45, 2.75) is 20.4 Å². The maximum atomic E-state index is 12.4. The number of aryl methyl sites for hydroxylation is 1. The van der Waals surface area contributed by atoms with E-state index < -0.39 is 10.2 Å². The molecule has 2 N–H and O–H groups in total. The van der Waals surface area contributed by atoms with Crippen molar-refractivity contribution in [2.75, 3.05) is 4.72 Å². The van der Waals surface area contributed by atoms with E-state index in [0.717, 1.165) is 16.7 Å². The third-order valence-electron chi connectivity index (χ3n) is 3.82. The largest absolute Gasteiger partial charge is 0.299 e. The van der Waals surface area contributed by atoms with Gasteiger partial charge in [0.15, 0.2) is 0 Å². The minimum atomic E-state index is -3.72. The lowest BCUT2D eigenvalue weighted by Gasteiger charge is -2.15. The van der Waals surface area contributed by atoms with Crippen LogP contribution in [0.2, 0.25) is 0 Å². The van der Waals surface area contributed by atoms with Crippen molar-refractivity contribution >= 4 is 15.9 Å². The predicted octanol–water partition coefficient (Wildman–Crippen LogP) is 1.73. The number of anilines is 1. The van der Waals surface area contributed by atoms with Gasteiger partial charge in [0.25, 0.3) is 10.2 Å². The number of rotatable bonds is 6. The summed E-state index contributed by atoms with van der Waals surface area (Å²) in [4.78, 5) is 0. The first kappa shape index (κ1) is 17.1. The van der Waals surface area contributed by atoms with E-state index in [1.807, 2.05) is 50.2 Å². The Bertz CT molecular complexity index is 956. The number of nitrogens with zero attached hydrogens (tertiary/aromatic N) is 4. The van der Waals surface area contributed by atoms with Gasteiger partial charge in [-0.3, -0.25) is 4.72 Å². The summed E-state index contributed by atoms with van der Waals surface area (Å²) in [5.74, 6) is 0. The molecule has 3 rings (SSSR count). The first-order valence-electron chi connectivity index (χ1n) is 7.60. The Kier molecular flexibility index (Phi) is 4.77. The van der Waals surface area contributed by atoms with Crippen molar-refractivity contribution in [3.8, 4) is 5.69 Å². The van der Waals surface area contributed by atoms with Crippen LogP contribution in [0.15, 0.2) is 48.8 Å². The van der Waals surface area contributed by atoms with Crippen LogP contribution in [0.1, 0.15) is 16.7 Å². The van der Waals surface area contributed by atoms with E-state index in [1.165, 1.54) is 11.0 Å². The van der Waals surface area contributed by atoms with Crippen LogP contribution in [0, 0.1) is 13.8 Å². The highest BCUT2D eigenvalue weighted by Gasteiger charge is 2.14. The summed E-state index contributed by atoms with van der Waals surface area (Å²) in [6.07, 6.45) is 1.45. The van der Waals surface area contributed by atoms with Gasteiger partial charge in [0.2, 0.25) is 0 Å². The van der Waals surface area contributed by atoms with Gasteiger partial charge in [0.1, 0.15) is 6.33 Å². The van der Waals surface area contributed by atoms with E-state index in [-0.39, 0.29) is 6.54 Å². The molecule has 0 saturated carbocycles. The average molecular weight is 358 g/mol. The highest BCUT2D eigenvalue weighted by atomic mass is 32.2. The Labute approximate surface area is 146 Å². The molecule has 0 radical (unpaired) electrons. The van der Waals surface area contributed by atoms with Crippen molar-refractivity contribution in [1.82, 2.24) is 24.9 Å². The molecule has 2 aromatic carbocycles. The van der Waals surface area contributed by atoms with Crippen molar-refractivity contribution < 1.29 is 8.42 Å². The van der Waals surface area contributed by atoms with E-state index in [1.54, 1.807) is 6.07 Å². The van der Waals surface area contributed by atoms with Crippen molar-refractivity contribution in [2.24, 2.45) is 0 Å². The highest BCUT2D eigenvalue weighted by Crippen LogP contribution is 2.23. The quantitative estimate of drug-likeness (QED) is 0.699. The zero-order valence-electron chi connectivity index (χ0n) is 13.8. The number of nitrogens with one attached hydrogen (secondary N) is 2. The zero-order valence-corrected chi connectivity index (χ0v) is 14.7. The van der Waals surface area contributed by atoms with Gasteiger partial charge in [0, 0.05) is 6.54 Å². The molecule has 130 valence electrons. The van der Waals surface area contributed by atoms with Crippen LogP contribution in [0.25, 0.3) is 5.69 Å². The topological polar surface area (TPSA) is 102 Å². The fraction of sp³-hybridized carbons (Fsp3) is 0.188. The van der Waals surface area contributed by atoms with E-state index in [2.05, 4.69) is 25.0 Å². The van der Waals surface area contributed by atoms with E-state index in [9.17, 15) is 8.42 Å². The molecule has 8 nitrogen and oxygen atoms in total. The summed E-state index contributed by atoms with van der Waals surface area (Å²) in [6.45, 7) is 3.97. The van der Waals surface area contributed by atoms with Crippen molar-refractivity contribution in [3.63, 3.8) is 0 Å². The summed E-state index contributed by atoms with van der Waals surface area (Å²) in [7, 11) is -3.72. The van der Waals surface area contributed by atoms with Gasteiger partial charge in [-0.15, -0.1) is 5.10 Å². The first-order valence-corrected chi connectivity index (χ1v) is 9.09. The normalized spacial score (nSPS) is 11.4. The van der Waals surface area contributed by atoms with Gasteiger partial charge in [-0.1, -0.05) is 30.3 Å². The molecule has 3 aromatic rings. The van der Waals surface area contributed by atoms with Crippen LogP contribution in [0.4, 0.5) is 5.69 Å². The van der Waals surface area contributed by atoms with Gasteiger partial charge in [-0.2, -0.15) is 13.1 Å². The van der Waals surface area contributed by atoms with Gasteiger partial charge in [-0.05, 0) is 53.1 Å². The molecule has 0 atom stereocenters. The maximum absolute atomic E-state index is 12.4. The molecular weight excluding hydrogens is 340 g/mol. The summed E-state index contributed by atoms with van der Waals surface area (Å²) < 4.78 is 31.3. The molecule has 0 unspecified atom stereocenters. The lowest BCUT2D eigenvalue weighted by molar-refractivity contribution is 0.587. The second-order valence-electron chi connectivity index (χ2n) is 5.60. The Morgan fingerprint density at radius 2 is 1.88 bits per heavy atom. The number of benzene rings is 2. The van der Waals surface area contributed by atoms with Crippen LogP contribution < -0.4 is 9.44 Å². The summed E-state index contributed by atoms with van der Waals surface area (Å²) >= 11 is 0. The van der Waals surface area contributed by atoms with Gasteiger partial charge >= 0.3 is 0 Å². The molecule has 1 aromatic heterocycles. The lowest BCUT2D eigenvalue weighted by atomic mass is 10.1. The van der Waals surface area contributed by atoms with Crippen molar-refractivity contribution in [1.29, 1.82) is 0 Å². The Balaban J connectivity index is 1.81. The molecule has 0 amide bonds. The fourth-order valence-electron chi connectivity index (χ4n) is 2.31. The number of hydrogen-bond acceptors (Lipinski definition) is 5. The number of aromatic nitrogens is 4. The predicted molar refractivity (Wildman–Crippen MR) is 94.5 cm³/mol. The molecule has 1 heterocycles. The molecule has 0 fully saturated rings. The fourth-order valence-corrected chi connectivity index (χ4v) is 3.24. The number of tetrazole rings is 1. The second kappa shape index (κ2) is 6.99. The standard InChI is InChI=1S/C16H18N6O2S/c1-12-8-15(22-11-17-20-21-22)9-16(13(12)2)19-25(23,24)18-10-14-6-4-3-5-7-14/h3-9,11,18-19H,10H2,1-2H3. The van der Waals surface area contributed by atoms with Crippen molar-refractivity contribution in [3.05, 3.63) is 65.5 Å². The minimum absolute atomic E-state index is 0.209. The third-order valence-corrected chi connectivity index (χ3v) is 4.83. The van der Waals surface area contributed by atoms with Crippen LogP contribution in [-0.4, -0.2) is 28.6 Å². The van der Waals surface area contributed by atoms with Crippen LogP contribution in [0.5, 0.6) is 0 Å². The smallest absolute Gasteiger partial charge is 0.271 e. The molecule has 25 heavy (non-hydrogen) atoms. The summed E-state index contributed by atoms with van der Waals surface area (Å²) in [6, 6.07) is 12.9. The Morgan fingerprint density at radius 1 is 1.12 bits per heavy atom. The second-order valence-corrected chi connectivity index (χ2v) is 7.10. The lowest BCUT2D eigenvalue weighted by Crippen LogP contribution is -2.30. The molecule has 0 saturated heterocycles. The maximum Gasteiger partial charge on any atom is 0.299 e. The molecule has 9 heteroatoms. The SMILES string of the molecule is Cc1cc(-n2cnnn2)cc(NS(=O)(=O)NCc2ccccc2)c1C. The third kappa shape index (κ3) is 4.20. The van der Waals surface area contributed by atoms with Gasteiger partial charge in [-0.25, -0.2) is 4.68 Å². The highest BCUT2D eigenvalue weighted by molar-refractivity contribution is 7.90. The zero-order chi connectivity index (χ0) is 17.9. The van der Waals surface area contributed by atoms with E-state index in [0.29, 0.717) is 11.4 Å². The van der Waals surface area contributed by atoms with Crippen LogP contribution in [-0.2, 0) is 16.8 Å². The molecule has 0 aliphatic heterocycles. The van der Waals surface area contributed by atoms with E-state index >= 15 is 0 Å². The molecular formula is C16H18N6O2S. The van der Waals surface area contributed by atoms with Gasteiger partial charge < -0.3 is 0 Å². The van der Waals surface area contributed by atoms with Crippen LogP contribution >= 0.6 is 0 Å². The van der Waals surface area contributed by atoms with E-state index in [4.69, 9.17) is 0 Å². The summed E-state index contributed by atoms with van der Waals surface area (Å²) in [5.41, 5.74) is 3.79. The molecule has 0 aliphatic carbocycles. The summed E-state index contributed by atoms with van der Waals surface area (Å²) in [5, 5.41) is 11.0.